The fourth-order valence-electron chi connectivity index (χ4n) is 1.25. The van der Waals surface area contributed by atoms with Crippen LogP contribution >= 0.6 is 11.6 Å². The molecule has 0 aromatic carbocycles. The molecule has 15 heavy (non-hydrogen) atoms. The number of aryl methyl sites for hydroxylation is 1. The van der Waals surface area contributed by atoms with Gasteiger partial charge in [-0.1, -0.05) is 0 Å². The Morgan fingerprint density at radius 2 is 2.53 bits per heavy atom. The van der Waals surface area contributed by atoms with E-state index in [-0.39, 0.29) is 16.7 Å². The van der Waals surface area contributed by atoms with Crippen LogP contribution in [0.1, 0.15) is 13.3 Å². The van der Waals surface area contributed by atoms with E-state index in [1.54, 1.807) is 4.57 Å². The zero-order valence-corrected chi connectivity index (χ0v) is 8.90. The highest BCUT2D eigenvalue weighted by Gasteiger charge is 2.38. The molecule has 1 fully saturated rings. The van der Waals surface area contributed by atoms with Crippen LogP contribution in [0.15, 0.2) is 6.20 Å². The molecule has 0 aliphatic carbocycles. The first-order chi connectivity index (χ1) is 7.00. The quantitative estimate of drug-likeness (QED) is 0.448. The minimum atomic E-state index is -0.558. The summed E-state index contributed by atoms with van der Waals surface area (Å²) in [6, 6.07) is 0. The van der Waals surface area contributed by atoms with Crippen molar-refractivity contribution < 1.29 is 9.66 Å². The van der Waals surface area contributed by atoms with E-state index in [1.165, 1.54) is 6.20 Å². The van der Waals surface area contributed by atoms with E-state index in [4.69, 9.17) is 16.3 Å². The van der Waals surface area contributed by atoms with Gasteiger partial charge in [0, 0.05) is 6.54 Å². The van der Waals surface area contributed by atoms with E-state index in [2.05, 4.69) is 4.98 Å². The summed E-state index contributed by atoms with van der Waals surface area (Å²) in [5, 5.41) is 10.6. The Labute approximate surface area is 91.0 Å². The number of rotatable bonds is 4. The predicted molar refractivity (Wildman–Crippen MR) is 52.9 cm³/mol. The molecule has 1 atom stereocenters. The third kappa shape index (κ3) is 2.27. The minimum Gasteiger partial charge on any atom is -0.370 e. The average molecular weight is 232 g/mol. The lowest BCUT2D eigenvalue weighted by atomic mass is 10.1. The fourth-order valence-corrected chi connectivity index (χ4v) is 1.47. The van der Waals surface area contributed by atoms with Gasteiger partial charge in [0.15, 0.2) is 0 Å². The number of halogens is 1. The molecule has 2 rings (SSSR count). The molecule has 1 aliphatic rings. The summed E-state index contributed by atoms with van der Waals surface area (Å²) in [5.41, 5.74) is -0.0810. The van der Waals surface area contributed by atoms with Gasteiger partial charge in [-0.15, -0.1) is 0 Å². The lowest BCUT2D eigenvalue weighted by Crippen LogP contribution is -2.09. The minimum absolute atomic E-state index is 0.0810. The molecule has 1 aromatic heterocycles. The van der Waals surface area contributed by atoms with Crippen LogP contribution in [0.25, 0.3) is 0 Å². The fraction of sp³-hybridized carbons (Fsp3) is 0.625. The Morgan fingerprint density at radius 3 is 3.00 bits per heavy atom. The first-order valence-electron chi connectivity index (χ1n) is 4.51. The molecular weight excluding hydrogens is 222 g/mol. The zero-order valence-electron chi connectivity index (χ0n) is 8.14. The molecule has 1 aromatic rings. The molecule has 7 heteroatoms. The van der Waals surface area contributed by atoms with Gasteiger partial charge in [-0.25, -0.2) is 0 Å². The number of nitrogens with zero attached hydrogens (tertiary/aromatic N) is 3. The maximum Gasteiger partial charge on any atom is 0.383 e. The Bertz CT molecular complexity index is 400. The van der Waals surface area contributed by atoms with Crippen molar-refractivity contribution >= 4 is 17.4 Å². The van der Waals surface area contributed by atoms with E-state index in [9.17, 15) is 10.1 Å². The van der Waals surface area contributed by atoms with E-state index in [0.717, 1.165) is 13.0 Å². The Balaban J connectivity index is 2.04. The van der Waals surface area contributed by atoms with Gasteiger partial charge >= 0.3 is 11.1 Å². The average Bonchev–Trinajstić information content (AvgIpc) is 2.76. The summed E-state index contributed by atoms with van der Waals surface area (Å²) in [7, 11) is 0. The lowest BCUT2D eigenvalue weighted by molar-refractivity contribution is -0.389. The molecule has 0 saturated carbocycles. The number of epoxide rings is 1. The van der Waals surface area contributed by atoms with Crippen LogP contribution in [0.2, 0.25) is 5.28 Å². The van der Waals surface area contributed by atoms with Gasteiger partial charge in [0.2, 0.25) is 0 Å². The van der Waals surface area contributed by atoms with Crippen molar-refractivity contribution in [2.24, 2.45) is 0 Å². The summed E-state index contributed by atoms with van der Waals surface area (Å²) in [6.07, 6.45) is 2.12. The van der Waals surface area contributed by atoms with Gasteiger partial charge < -0.3 is 14.9 Å². The number of hydrogen-bond donors (Lipinski definition) is 0. The molecule has 6 nitrogen and oxygen atoms in total. The van der Waals surface area contributed by atoms with E-state index in [0.29, 0.717) is 6.54 Å². The SMILES string of the molecule is CC1(CCn2cc([N+](=O)[O-])nc2Cl)CO1. The number of nitro groups is 1. The van der Waals surface area contributed by atoms with Gasteiger partial charge in [0.05, 0.1) is 12.2 Å². The summed E-state index contributed by atoms with van der Waals surface area (Å²) in [5.74, 6) is -0.220. The molecule has 0 bridgehead atoms. The van der Waals surface area contributed by atoms with E-state index < -0.39 is 4.92 Å². The summed E-state index contributed by atoms with van der Waals surface area (Å²) in [6.45, 7) is 3.31. The highest BCUT2D eigenvalue weighted by Crippen LogP contribution is 2.31. The van der Waals surface area contributed by atoms with Crippen LogP contribution in [0, 0.1) is 10.1 Å². The van der Waals surface area contributed by atoms with Crippen LogP contribution in [0.5, 0.6) is 0 Å². The van der Waals surface area contributed by atoms with Crippen molar-refractivity contribution in [2.75, 3.05) is 6.61 Å². The summed E-state index contributed by atoms with van der Waals surface area (Å²) in [4.78, 5) is 13.5. The second-order valence-corrected chi connectivity index (χ2v) is 4.15. The van der Waals surface area contributed by atoms with Crippen molar-refractivity contribution in [1.29, 1.82) is 0 Å². The zero-order chi connectivity index (χ0) is 11.1. The normalized spacial score (nSPS) is 24.1. The Hall–Kier alpha value is -1.14. The first kappa shape index (κ1) is 10.4. The summed E-state index contributed by atoms with van der Waals surface area (Å²) >= 11 is 5.74. The number of imidazole rings is 1. The van der Waals surface area contributed by atoms with Crippen molar-refractivity contribution in [2.45, 2.75) is 25.5 Å². The van der Waals surface area contributed by atoms with Gasteiger partial charge in [-0.2, -0.15) is 0 Å². The molecule has 1 aliphatic heterocycles. The van der Waals surface area contributed by atoms with Crippen LogP contribution in [0.3, 0.4) is 0 Å². The second-order valence-electron chi connectivity index (χ2n) is 3.81. The number of aromatic nitrogens is 2. The van der Waals surface area contributed by atoms with Crippen molar-refractivity contribution in [3.05, 3.63) is 21.6 Å². The molecular formula is C8H10ClN3O3. The van der Waals surface area contributed by atoms with Gasteiger partial charge in [-0.05, 0) is 34.9 Å². The van der Waals surface area contributed by atoms with Crippen LogP contribution in [-0.2, 0) is 11.3 Å². The molecule has 0 spiro atoms. The molecule has 0 N–H and O–H groups in total. The third-order valence-electron chi connectivity index (χ3n) is 2.42. The topological polar surface area (TPSA) is 73.5 Å². The van der Waals surface area contributed by atoms with Gasteiger partial charge in [-0.3, -0.25) is 4.57 Å². The first-order valence-corrected chi connectivity index (χ1v) is 4.89. The van der Waals surface area contributed by atoms with Crippen LogP contribution in [0.4, 0.5) is 5.82 Å². The number of hydrogen-bond acceptors (Lipinski definition) is 4. The van der Waals surface area contributed by atoms with Crippen LogP contribution < -0.4 is 0 Å². The van der Waals surface area contributed by atoms with E-state index >= 15 is 0 Å². The standard InChI is InChI=1S/C8H10ClN3O3/c1-8(5-15-8)2-3-11-4-6(12(13)14)10-7(11)9/h4H,2-3,5H2,1H3. The van der Waals surface area contributed by atoms with Gasteiger partial charge in [0.1, 0.15) is 6.20 Å². The maximum absolute atomic E-state index is 10.4. The number of ether oxygens (including phenoxy) is 1. The summed E-state index contributed by atoms with van der Waals surface area (Å²) < 4.78 is 6.76. The van der Waals surface area contributed by atoms with Crippen LogP contribution in [-0.4, -0.2) is 26.7 Å². The molecule has 2 heterocycles. The highest BCUT2D eigenvalue weighted by atomic mass is 35.5. The Kier molecular flexibility index (Phi) is 2.40. The molecule has 82 valence electrons. The second kappa shape index (κ2) is 3.46. The largest absolute Gasteiger partial charge is 0.383 e. The van der Waals surface area contributed by atoms with Crippen molar-refractivity contribution in [1.82, 2.24) is 9.55 Å². The highest BCUT2D eigenvalue weighted by molar-refractivity contribution is 6.28. The third-order valence-corrected chi connectivity index (χ3v) is 2.72. The lowest BCUT2D eigenvalue weighted by Gasteiger charge is -2.04. The molecule has 1 saturated heterocycles. The molecule has 0 amide bonds. The smallest absolute Gasteiger partial charge is 0.370 e. The Morgan fingerprint density at radius 1 is 1.87 bits per heavy atom. The maximum atomic E-state index is 10.4. The molecule has 0 radical (unpaired) electrons. The van der Waals surface area contributed by atoms with Gasteiger partial charge in [0.25, 0.3) is 0 Å². The predicted octanol–water partition coefficient (Wildman–Crippen LogP) is 1.62. The molecule has 1 unspecified atom stereocenters. The monoisotopic (exact) mass is 231 g/mol. The van der Waals surface area contributed by atoms with E-state index in [1.807, 2.05) is 6.92 Å². The van der Waals surface area contributed by atoms with Crippen molar-refractivity contribution in [3.8, 4) is 0 Å². The van der Waals surface area contributed by atoms with Crippen molar-refractivity contribution in [3.63, 3.8) is 0 Å².